The smallest absolute Gasteiger partial charge is 0.316 e. The molecule has 4 rings (SSSR count). The Morgan fingerprint density at radius 3 is 2.07 bits per heavy atom. The van der Waals surface area contributed by atoms with E-state index in [0.29, 0.717) is 13.0 Å². The lowest BCUT2D eigenvalue weighted by Gasteiger charge is -2.38. The fourth-order valence-corrected chi connectivity index (χ4v) is 6.66. The third kappa shape index (κ3) is 6.98. The summed E-state index contributed by atoms with van der Waals surface area (Å²) in [7, 11) is 1.74. The third-order valence-corrected chi connectivity index (χ3v) is 9.95. The van der Waals surface area contributed by atoms with Gasteiger partial charge in [-0.3, -0.25) is 24.0 Å². The van der Waals surface area contributed by atoms with Crippen molar-refractivity contribution in [2.24, 2.45) is 40.2 Å². The number of urea groups is 1. The summed E-state index contributed by atoms with van der Waals surface area (Å²) in [4.78, 5) is 81.9. The lowest BCUT2D eigenvalue weighted by Crippen LogP contribution is -2.62. The van der Waals surface area contributed by atoms with Gasteiger partial charge in [0.2, 0.25) is 23.5 Å². The molecule has 240 valence electrons. The second-order valence-electron chi connectivity index (χ2n) is 15.2. The number of fused-ring (bicyclic) bond motifs is 1. The fraction of sp³-hybridized carbons (Fsp3) is 0.806. The van der Waals surface area contributed by atoms with Crippen LogP contribution in [0.4, 0.5) is 4.79 Å². The summed E-state index contributed by atoms with van der Waals surface area (Å²) in [6.45, 7) is 13.6. The van der Waals surface area contributed by atoms with Crippen molar-refractivity contribution in [1.29, 1.82) is 0 Å². The van der Waals surface area contributed by atoms with Crippen molar-refractivity contribution in [2.75, 3.05) is 13.6 Å². The first-order valence-electron chi connectivity index (χ1n) is 15.6. The standard InChI is InChI=1S/C31H50N6O6/c1-15(2)21(27(41)36(8)17-11-12-17)34-29(43)35-24(30(3,4)5)28(42)37-14-18-20(31(18,6)7)22(37)26(40)33-19(13-16-9-10-16)23(38)25(32)39/h15-22,24H,9-14H2,1-8H3,(H2,32,39)(H,33,40)(H2,34,35,43)/t18-,19-,20-,21-,22-,24+/m0/s1. The summed E-state index contributed by atoms with van der Waals surface area (Å²) >= 11 is 0. The van der Waals surface area contributed by atoms with Crippen molar-refractivity contribution in [2.45, 2.75) is 111 Å². The highest BCUT2D eigenvalue weighted by Crippen LogP contribution is 2.65. The molecule has 3 aliphatic carbocycles. The molecular formula is C31H50N6O6. The number of carbonyl (C=O) groups is 6. The quantitative estimate of drug-likeness (QED) is 0.244. The number of hydrogen-bond acceptors (Lipinski definition) is 6. The van der Waals surface area contributed by atoms with Crippen molar-refractivity contribution in [3.8, 4) is 0 Å². The molecule has 1 heterocycles. The zero-order valence-electron chi connectivity index (χ0n) is 26.9. The number of nitrogens with zero attached hydrogens (tertiary/aromatic N) is 2. The molecule has 0 aromatic carbocycles. The van der Waals surface area contributed by atoms with Gasteiger partial charge in [-0.05, 0) is 53.8 Å². The molecule has 4 aliphatic rings. The van der Waals surface area contributed by atoms with E-state index in [-0.39, 0.29) is 41.0 Å². The SMILES string of the molecule is CC(C)[C@H](NC(=O)N[C@H](C(=O)N1C[C@H]2[C@@H]([C@H]1C(=O)N[C@@H](CC1CC1)C(=O)C(N)=O)C2(C)C)C(C)(C)C)C(=O)N(C)C1CC1. The van der Waals surface area contributed by atoms with Gasteiger partial charge in [0.1, 0.15) is 18.1 Å². The molecule has 1 aliphatic heterocycles. The molecule has 3 saturated carbocycles. The van der Waals surface area contributed by atoms with Crippen LogP contribution in [0.1, 0.15) is 80.6 Å². The normalized spacial score (nSPS) is 26.1. The number of likely N-dealkylation sites (tertiary alicyclic amines) is 1. The minimum Gasteiger partial charge on any atom is -0.363 e. The molecule has 0 aromatic rings. The van der Waals surface area contributed by atoms with Crippen LogP contribution >= 0.6 is 0 Å². The van der Waals surface area contributed by atoms with Gasteiger partial charge in [0.05, 0.1) is 6.04 Å². The minimum absolute atomic E-state index is 0.0799. The minimum atomic E-state index is -1.10. The molecule has 12 heteroatoms. The molecule has 0 bridgehead atoms. The maximum Gasteiger partial charge on any atom is 0.316 e. The number of carbonyl (C=O) groups excluding carboxylic acids is 6. The van der Waals surface area contributed by atoms with Crippen LogP contribution in [0.2, 0.25) is 0 Å². The van der Waals surface area contributed by atoms with E-state index in [1.807, 2.05) is 34.6 Å². The molecule has 5 N–H and O–H groups in total. The summed E-state index contributed by atoms with van der Waals surface area (Å²) in [5.74, 6) is -2.97. The van der Waals surface area contributed by atoms with E-state index >= 15 is 0 Å². The summed E-state index contributed by atoms with van der Waals surface area (Å²) in [6.07, 6.45) is 4.07. The van der Waals surface area contributed by atoms with E-state index in [1.54, 1.807) is 11.9 Å². The Hall–Kier alpha value is -3.18. The van der Waals surface area contributed by atoms with Crippen molar-refractivity contribution in [3.05, 3.63) is 0 Å². The number of hydrogen-bond donors (Lipinski definition) is 4. The Morgan fingerprint density at radius 2 is 1.58 bits per heavy atom. The van der Waals surface area contributed by atoms with Crippen LogP contribution in [0.25, 0.3) is 0 Å². The van der Waals surface area contributed by atoms with E-state index in [9.17, 15) is 28.8 Å². The molecular weight excluding hydrogens is 552 g/mol. The van der Waals surface area contributed by atoms with Crippen LogP contribution in [0.15, 0.2) is 0 Å². The number of nitrogens with two attached hydrogens (primary N) is 1. The fourth-order valence-electron chi connectivity index (χ4n) is 6.66. The Kier molecular flexibility index (Phi) is 8.92. The molecule has 1 saturated heterocycles. The first kappa shape index (κ1) is 32.7. The van der Waals surface area contributed by atoms with Crippen LogP contribution in [0, 0.1) is 34.5 Å². The third-order valence-electron chi connectivity index (χ3n) is 9.95. The van der Waals surface area contributed by atoms with Crippen molar-refractivity contribution >= 4 is 35.4 Å². The topological polar surface area (TPSA) is 171 Å². The average molecular weight is 603 g/mol. The average Bonchev–Trinajstić information content (AvgIpc) is 3.85. The van der Waals surface area contributed by atoms with Crippen LogP contribution in [-0.4, -0.2) is 89.0 Å². The van der Waals surface area contributed by atoms with Crippen molar-refractivity contribution in [1.82, 2.24) is 25.8 Å². The van der Waals surface area contributed by atoms with Gasteiger partial charge in [-0.25, -0.2) is 4.79 Å². The number of Topliss-reactive ketones (excluding diaryl/α,β-unsaturated/α-hetero) is 1. The van der Waals surface area contributed by atoms with E-state index in [2.05, 4.69) is 29.8 Å². The highest BCUT2D eigenvalue weighted by Gasteiger charge is 2.70. The number of likely N-dealkylation sites (N-methyl/N-ethyl adjacent to an activating group) is 1. The largest absolute Gasteiger partial charge is 0.363 e. The number of ketones is 1. The number of nitrogens with one attached hydrogen (secondary N) is 3. The number of amides is 6. The van der Waals surface area contributed by atoms with Gasteiger partial charge in [-0.15, -0.1) is 0 Å². The summed E-state index contributed by atoms with van der Waals surface area (Å²) < 4.78 is 0. The van der Waals surface area contributed by atoms with Crippen LogP contribution in [-0.2, 0) is 24.0 Å². The van der Waals surface area contributed by atoms with Crippen LogP contribution in [0.3, 0.4) is 0 Å². The van der Waals surface area contributed by atoms with Gasteiger partial charge in [0, 0.05) is 19.6 Å². The van der Waals surface area contributed by atoms with Gasteiger partial charge in [0.25, 0.3) is 5.91 Å². The van der Waals surface area contributed by atoms with Gasteiger partial charge in [-0.1, -0.05) is 61.3 Å². The maximum absolute atomic E-state index is 14.2. The molecule has 6 atom stereocenters. The van der Waals surface area contributed by atoms with Crippen molar-refractivity contribution < 1.29 is 28.8 Å². The van der Waals surface area contributed by atoms with Crippen molar-refractivity contribution in [3.63, 3.8) is 0 Å². The first-order chi connectivity index (χ1) is 19.9. The number of primary amides is 1. The lowest BCUT2D eigenvalue weighted by molar-refractivity contribution is -0.145. The molecule has 12 nitrogen and oxygen atoms in total. The number of piperidine rings is 1. The summed E-state index contributed by atoms with van der Waals surface area (Å²) in [6, 6.07) is -4.09. The highest BCUT2D eigenvalue weighted by atomic mass is 16.2. The first-order valence-corrected chi connectivity index (χ1v) is 15.6. The van der Waals surface area contributed by atoms with E-state index < -0.39 is 59.1 Å². The second kappa shape index (κ2) is 11.7. The Morgan fingerprint density at radius 1 is 0.977 bits per heavy atom. The summed E-state index contributed by atoms with van der Waals surface area (Å²) in [5, 5.41) is 8.37. The predicted molar refractivity (Wildman–Crippen MR) is 159 cm³/mol. The molecule has 0 unspecified atom stereocenters. The van der Waals surface area contributed by atoms with Gasteiger partial charge in [0.15, 0.2) is 0 Å². The zero-order chi connectivity index (χ0) is 32.2. The van der Waals surface area contributed by atoms with Gasteiger partial charge < -0.3 is 31.5 Å². The Balaban J connectivity index is 1.51. The molecule has 6 amide bonds. The lowest BCUT2D eigenvalue weighted by atomic mass is 9.85. The van der Waals surface area contributed by atoms with Gasteiger partial charge in [-0.2, -0.15) is 0 Å². The molecule has 0 spiro atoms. The Bertz CT molecular complexity index is 1170. The summed E-state index contributed by atoms with van der Waals surface area (Å²) in [5.41, 5.74) is 4.37. The number of rotatable bonds is 12. The van der Waals surface area contributed by atoms with Gasteiger partial charge >= 0.3 is 6.03 Å². The Labute approximate surface area is 254 Å². The molecule has 0 radical (unpaired) electrons. The zero-order valence-corrected chi connectivity index (χ0v) is 26.9. The molecule has 43 heavy (non-hydrogen) atoms. The van der Waals surface area contributed by atoms with E-state index in [4.69, 9.17) is 5.73 Å². The molecule has 4 fully saturated rings. The van der Waals surface area contributed by atoms with Crippen LogP contribution in [0.5, 0.6) is 0 Å². The van der Waals surface area contributed by atoms with Crippen LogP contribution < -0.4 is 21.7 Å². The maximum atomic E-state index is 14.2. The molecule has 0 aromatic heterocycles. The van der Waals surface area contributed by atoms with E-state index in [0.717, 1.165) is 25.7 Å². The second-order valence-corrected chi connectivity index (χ2v) is 15.2. The highest BCUT2D eigenvalue weighted by molar-refractivity contribution is 6.37. The van der Waals surface area contributed by atoms with E-state index in [1.165, 1.54) is 4.90 Å². The predicted octanol–water partition coefficient (Wildman–Crippen LogP) is 1.17. The monoisotopic (exact) mass is 602 g/mol.